The Hall–Kier alpha value is -1.94. The normalized spacial score (nSPS) is 19.5. The van der Waals surface area contributed by atoms with E-state index in [1.165, 1.54) is 12.3 Å². The molecule has 118 valence electrons. The number of hydrogen-bond donors (Lipinski definition) is 0. The van der Waals surface area contributed by atoms with Gasteiger partial charge in [-0.25, -0.2) is 9.78 Å². The Balaban J connectivity index is 2.02. The Morgan fingerprint density at radius 1 is 1.55 bits per heavy atom. The zero-order chi connectivity index (χ0) is 16.3. The Labute approximate surface area is 132 Å². The summed E-state index contributed by atoms with van der Waals surface area (Å²) >= 11 is 0. The minimum atomic E-state index is -1.34. The molecule has 6 nitrogen and oxygen atoms in total. The minimum absolute atomic E-state index is 0.186. The SMILES string of the molecule is CC(C)(C)OC(=O)N1CC[C@@H]([S@@](=O)c2cc(C#N)ccn2)C1. The molecule has 22 heavy (non-hydrogen) atoms. The van der Waals surface area contributed by atoms with Gasteiger partial charge in [-0.1, -0.05) is 0 Å². The Morgan fingerprint density at radius 3 is 2.91 bits per heavy atom. The third kappa shape index (κ3) is 4.04. The van der Waals surface area contributed by atoms with Crippen molar-refractivity contribution >= 4 is 16.9 Å². The molecule has 0 saturated carbocycles. The van der Waals surface area contributed by atoms with Crippen LogP contribution < -0.4 is 0 Å². The van der Waals surface area contributed by atoms with Crippen molar-refractivity contribution in [1.82, 2.24) is 9.88 Å². The molecule has 1 aliphatic rings. The number of carbonyl (C=O) groups is 1. The van der Waals surface area contributed by atoms with Gasteiger partial charge in [-0.2, -0.15) is 5.26 Å². The van der Waals surface area contributed by atoms with Gasteiger partial charge in [-0.3, -0.25) is 4.21 Å². The predicted molar refractivity (Wildman–Crippen MR) is 81.6 cm³/mol. The standard InChI is InChI=1S/C15H19N3O3S/c1-15(2,3)21-14(19)18-7-5-12(10-18)22(20)13-8-11(9-16)4-6-17-13/h4,6,8,12H,5,7,10H2,1-3H3/t12-,22-/m1/s1. The number of rotatable bonds is 2. The van der Waals surface area contributed by atoms with Gasteiger partial charge >= 0.3 is 6.09 Å². The highest BCUT2D eigenvalue weighted by Gasteiger charge is 2.33. The number of likely N-dealkylation sites (tertiary alicyclic amines) is 1. The Morgan fingerprint density at radius 2 is 2.27 bits per heavy atom. The fourth-order valence-corrected chi connectivity index (χ4v) is 3.54. The maximum atomic E-state index is 12.5. The molecule has 0 radical (unpaired) electrons. The Kier molecular flexibility index (Phi) is 4.81. The number of nitriles is 1. The van der Waals surface area contributed by atoms with Crippen molar-refractivity contribution in [3.63, 3.8) is 0 Å². The number of nitrogens with zero attached hydrogens (tertiary/aromatic N) is 3. The highest BCUT2D eigenvalue weighted by atomic mass is 32.2. The van der Waals surface area contributed by atoms with E-state index in [2.05, 4.69) is 4.98 Å². The molecule has 7 heteroatoms. The van der Waals surface area contributed by atoms with Gasteiger partial charge in [0.2, 0.25) is 0 Å². The van der Waals surface area contributed by atoms with Crippen molar-refractivity contribution in [1.29, 1.82) is 5.26 Å². The number of aromatic nitrogens is 1. The topological polar surface area (TPSA) is 83.3 Å². The van der Waals surface area contributed by atoms with Gasteiger partial charge in [0, 0.05) is 19.3 Å². The van der Waals surface area contributed by atoms with Crippen LogP contribution in [0.4, 0.5) is 4.79 Å². The van der Waals surface area contributed by atoms with E-state index in [9.17, 15) is 9.00 Å². The van der Waals surface area contributed by atoms with Gasteiger partial charge in [0.25, 0.3) is 0 Å². The highest BCUT2D eigenvalue weighted by molar-refractivity contribution is 7.85. The molecule has 0 aromatic carbocycles. The van der Waals surface area contributed by atoms with E-state index >= 15 is 0 Å². The molecule has 1 fully saturated rings. The van der Waals surface area contributed by atoms with E-state index in [4.69, 9.17) is 10.00 Å². The summed E-state index contributed by atoms with van der Waals surface area (Å²) in [5.41, 5.74) is -0.114. The first-order chi connectivity index (χ1) is 10.3. The summed E-state index contributed by atoms with van der Waals surface area (Å²) in [4.78, 5) is 17.7. The summed E-state index contributed by atoms with van der Waals surface area (Å²) in [6, 6.07) is 5.11. The Bertz CT molecular complexity index is 634. The van der Waals surface area contributed by atoms with Crippen molar-refractivity contribution in [3.8, 4) is 6.07 Å². The van der Waals surface area contributed by atoms with E-state index in [1.807, 2.05) is 26.8 Å². The number of ether oxygens (including phenoxy) is 1. The van der Waals surface area contributed by atoms with Crippen LogP contribution in [-0.2, 0) is 15.5 Å². The van der Waals surface area contributed by atoms with Gasteiger partial charge in [0.05, 0.1) is 27.7 Å². The van der Waals surface area contributed by atoms with Gasteiger partial charge in [-0.05, 0) is 39.3 Å². The van der Waals surface area contributed by atoms with Crippen LogP contribution in [-0.4, -0.2) is 44.1 Å². The molecule has 0 spiro atoms. The molecule has 0 aliphatic carbocycles. The maximum absolute atomic E-state index is 12.5. The smallest absolute Gasteiger partial charge is 0.410 e. The summed E-state index contributed by atoms with van der Waals surface area (Å²) in [6.07, 6.45) is 1.72. The van der Waals surface area contributed by atoms with Crippen LogP contribution in [0.5, 0.6) is 0 Å². The second-order valence-corrected chi connectivity index (χ2v) is 7.81. The van der Waals surface area contributed by atoms with Crippen molar-refractivity contribution in [2.75, 3.05) is 13.1 Å². The highest BCUT2D eigenvalue weighted by Crippen LogP contribution is 2.21. The number of pyridine rings is 1. The molecule has 1 aliphatic heterocycles. The lowest BCUT2D eigenvalue weighted by Crippen LogP contribution is -2.36. The predicted octanol–water partition coefficient (Wildman–Crippen LogP) is 2.07. The molecule has 2 heterocycles. The number of carbonyl (C=O) groups excluding carboxylic acids is 1. The van der Waals surface area contributed by atoms with Gasteiger partial charge in [0.1, 0.15) is 10.6 Å². The number of amides is 1. The van der Waals surface area contributed by atoms with Crippen LogP contribution in [0.1, 0.15) is 32.8 Å². The first-order valence-electron chi connectivity index (χ1n) is 7.05. The summed E-state index contributed by atoms with van der Waals surface area (Å²) in [5.74, 6) is 0. The van der Waals surface area contributed by atoms with E-state index in [-0.39, 0.29) is 11.3 Å². The van der Waals surface area contributed by atoms with Crippen LogP contribution in [0.3, 0.4) is 0 Å². The quantitative estimate of drug-likeness (QED) is 0.832. The van der Waals surface area contributed by atoms with Crippen LogP contribution >= 0.6 is 0 Å². The summed E-state index contributed by atoms with van der Waals surface area (Å²) < 4.78 is 17.9. The lowest BCUT2D eigenvalue weighted by molar-refractivity contribution is 0.0295. The third-order valence-corrected chi connectivity index (χ3v) is 4.80. The molecule has 1 aromatic heterocycles. The lowest BCUT2D eigenvalue weighted by Gasteiger charge is -2.24. The molecule has 2 rings (SSSR count). The second-order valence-electron chi connectivity index (χ2n) is 6.13. The molecule has 0 unspecified atom stereocenters. The van der Waals surface area contributed by atoms with Gasteiger partial charge < -0.3 is 9.64 Å². The summed E-state index contributed by atoms with van der Waals surface area (Å²) in [7, 11) is -1.34. The first-order valence-corrected chi connectivity index (χ1v) is 8.26. The van der Waals surface area contributed by atoms with Crippen LogP contribution in [0, 0.1) is 11.3 Å². The van der Waals surface area contributed by atoms with E-state index < -0.39 is 16.4 Å². The molecule has 1 aromatic rings. The molecule has 2 atom stereocenters. The van der Waals surface area contributed by atoms with E-state index in [0.29, 0.717) is 30.1 Å². The van der Waals surface area contributed by atoms with Gasteiger partial charge in [0.15, 0.2) is 0 Å². The zero-order valence-electron chi connectivity index (χ0n) is 12.9. The van der Waals surface area contributed by atoms with Crippen molar-refractivity contribution in [3.05, 3.63) is 23.9 Å². The van der Waals surface area contributed by atoms with Crippen LogP contribution in [0.15, 0.2) is 23.4 Å². The van der Waals surface area contributed by atoms with E-state index in [0.717, 1.165) is 0 Å². The van der Waals surface area contributed by atoms with Crippen LogP contribution in [0.2, 0.25) is 0 Å². The van der Waals surface area contributed by atoms with Gasteiger partial charge in [-0.15, -0.1) is 0 Å². The largest absolute Gasteiger partial charge is 0.444 e. The molecule has 0 bridgehead atoms. The summed E-state index contributed by atoms with van der Waals surface area (Å²) in [5, 5.41) is 9.08. The average molecular weight is 321 g/mol. The number of hydrogen-bond acceptors (Lipinski definition) is 5. The third-order valence-electron chi connectivity index (χ3n) is 3.17. The van der Waals surface area contributed by atoms with E-state index in [1.54, 1.807) is 11.0 Å². The zero-order valence-corrected chi connectivity index (χ0v) is 13.7. The molecular weight excluding hydrogens is 302 g/mol. The molecular formula is C15H19N3O3S. The van der Waals surface area contributed by atoms with Crippen LogP contribution in [0.25, 0.3) is 0 Å². The van der Waals surface area contributed by atoms with Crippen molar-refractivity contribution in [2.24, 2.45) is 0 Å². The minimum Gasteiger partial charge on any atom is -0.444 e. The fourth-order valence-electron chi connectivity index (χ4n) is 2.16. The summed E-state index contributed by atoms with van der Waals surface area (Å²) in [6.45, 7) is 6.33. The molecule has 1 saturated heterocycles. The lowest BCUT2D eigenvalue weighted by atomic mass is 10.2. The maximum Gasteiger partial charge on any atom is 0.410 e. The second kappa shape index (κ2) is 6.44. The molecule has 1 amide bonds. The molecule has 0 N–H and O–H groups in total. The monoisotopic (exact) mass is 321 g/mol. The van der Waals surface area contributed by atoms with Crippen molar-refractivity contribution < 1.29 is 13.7 Å². The fraction of sp³-hybridized carbons (Fsp3) is 0.533. The average Bonchev–Trinajstić information content (AvgIpc) is 2.94. The first kappa shape index (κ1) is 16.4. The van der Waals surface area contributed by atoms with Crippen molar-refractivity contribution in [2.45, 2.75) is 43.1 Å².